The van der Waals surface area contributed by atoms with Crippen molar-refractivity contribution in [3.05, 3.63) is 29.8 Å². The number of hydrogen-bond acceptors (Lipinski definition) is 3. The van der Waals surface area contributed by atoms with E-state index in [2.05, 4.69) is 18.3 Å². The highest BCUT2D eigenvalue weighted by molar-refractivity contribution is 5.95. The molecule has 1 heterocycles. The van der Waals surface area contributed by atoms with Gasteiger partial charge in [0.25, 0.3) is 5.91 Å². The molecule has 4 nitrogen and oxygen atoms in total. The van der Waals surface area contributed by atoms with Crippen LogP contribution in [0.4, 0.5) is 5.69 Å². The molecule has 4 heteroatoms. The Bertz CT molecular complexity index is 552. The monoisotopic (exact) mass is 330 g/mol. The van der Waals surface area contributed by atoms with E-state index in [4.69, 9.17) is 0 Å². The largest absolute Gasteiger partial charge is 0.396 e. The molecule has 1 saturated carbocycles. The maximum Gasteiger partial charge on any atom is 0.253 e. The minimum absolute atomic E-state index is 0.117. The summed E-state index contributed by atoms with van der Waals surface area (Å²) >= 11 is 0. The van der Waals surface area contributed by atoms with Crippen molar-refractivity contribution in [3.8, 4) is 0 Å². The van der Waals surface area contributed by atoms with Gasteiger partial charge in [0.15, 0.2) is 0 Å². The number of benzene rings is 1. The zero-order valence-electron chi connectivity index (χ0n) is 14.7. The Balaban J connectivity index is 1.63. The molecule has 2 aliphatic rings. The van der Waals surface area contributed by atoms with Crippen LogP contribution in [0.15, 0.2) is 24.3 Å². The van der Waals surface area contributed by atoms with Crippen molar-refractivity contribution in [3.63, 3.8) is 0 Å². The number of carbonyl (C=O) groups is 1. The number of amides is 1. The van der Waals surface area contributed by atoms with Crippen molar-refractivity contribution in [2.45, 2.75) is 51.5 Å². The third-order valence-electron chi connectivity index (χ3n) is 5.73. The lowest BCUT2D eigenvalue weighted by atomic mass is 9.86. The quantitative estimate of drug-likeness (QED) is 0.888. The van der Waals surface area contributed by atoms with Crippen molar-refractivity contribution < 1.29 is 9.90 Å². The predicted molar refractivity (Wildman–Crippen MR) is 97.2 cm³/mol. The van der Waals surface area contributed by atoms with Crippen LogP contribution < -0.4 is 5.32 Å². The molecule has 3 rings (SSSR count). The lowest BCUT2D eigenvalue weighted by molar-refractivity contribution is 0.0651. The van der Waals surface area contributed by atoms with Crippen molar-refractivity contribution in [1.82, 2.24) is 4.90 Å². The summed E-state index contributed by atoms with van der Waals surface area (Å²) in [5.74, 6) is 1.16. The SMILES string of the molecule is CC1CCCCC1Nc1cccc(C(=O)N2CCC(CO)CC2)c1. The number of nitrogens with one attached hydrogen (secondary N) is 1. The first-order chi connectivity index (χ1) is 11.7. The van der Waals surface area contributed by atoms with Gasteiger partial charge in [0, 0.05) is 37.0 Å². The highest BCUT2D eigenvalue weighted by atomic mass is 16.3. The van der Waals surface area contributed by atoms with E-state index < -0.39 is 0 Å². The number of nitrogens with zero attached hydrogens (tertiary/aromatic N) is 1. The van der Waals surface area contributed by atoms with Crippen LogP contribution in [0.1, 0.15) is 55.8 Å². The molecule has 1 aromatic carbocycles. The Morgan fingerprint density at radius 3 is 2.67 bits per heavy atom. The molecule has 2 fully saturated rings. The van der Waals surface area contributed by atoms with Gasteiger partial charge in [-0.3, -0.25) is 4.79 Å². The molecule has 1 saturated heterocycles. The van der Waals surface area contributed by atoms with Gasteiger partial charge in [-0.15, -0.1) is 0 Å². The summed E-state index contributed by atoms with van der Waals surface area (Å²) in [5.41, 5.74) is 1.83. The number of rotatable bonds is 4. The third kappa shape index (κ3) is 4.10. The summed E-state index contributed by atoms with van der Waals surface area (Å²) in [4.78, 5) is 14.7. The van der Waals surface area contributed by atoms with Gasteiger partial charge in [0.2, 0.25) is 0 Å². The summed E-state index contributed by atoms with van der Waals surface area (Å²) in [7, 11) is 0. The smallest absolute Gasteiger partial charge is 0.253 e. The first kappa shape index (κ1) is 17.3. The van der Waals surface area contributed by atoms with E-state index >= 15 is 0 Å². The van der Waals surface area contributed by atoms with Crippen LogP contribution >= 0.6 is 0 Å². The summed E-state index contributed by atoms with van der Waals surface area (Å²) in [6, 6.07) is 8.47. The van der Waals surface area contributed by atoms with Crippen LogP contribution in [0.25, 0.3) is 0 Å². The molecule has 2 unspecified atom stereocenters. The molecule has 1 aliphatic carbocycles. The zero-order valence-corrected chi connectivity index (χ0v) is 14.7. The Hall–Kier alpha value is -1.55. The number of likely N-dealkylation sites (tertiary alicyclic amines) is 1. The average molecular weight is 330 g/mol. The number of hydrogen-bond donors (Lipinski definition) is 2. The number of aliphatic hydroxyl groups is 1. The fourth-order valence-corrected chi connectivity index (χ4v) is 3.99. The summed E-state index contributed by atoms with van der Waals surface area (Å²) < 4.78 is 0. The Kier molecular flexibility index (Phi) is 5.77. The zero-order chi connectivity index (χ0) is 16.9. The normalized spacial score (nSPS) is 25.5. The van der Waals surface area contributed by atoms with Gasteiger partial charge in [0.1, 0.15) is 0 Å². The number of anilines is 1. The van der Waals surface area contributed by atoms with E-state index in [1.54, 1.807) is 0 Å². The fourth-order valence-electron chi connectivity index (χ4n) is 3.99. The highest BCUT2D eigenvalue weighted by Crippen LogP contribution is 2.27. The van der Waals surface area contributed by atoms with Gasteiger partial charge < -0.3 is 15.3 Å². The van der Waals surface area contributed by atoms with E-state index in [0.717, 1.165) is 37.2 Å². The van der Waals surface area contributed by atoms with E-state index in [-0.39, 0.29) is 12.5 Å². The van der Waals surface area contributed by atoms with Gasteiger partial charge in [-0.25, -0.2) is 0 Å². The minimum atomic E-state index is 0.117. The lowest BCUT2D eigenvalue weighted by Crippen LogP contribution is -2.39. The van der Waals surface area contributed by atoms with E-state index in [1.165, 1.54) is 25.7 Å². The molecule has 0 spiro atoms. The topological polar surface area (TPSA) is 52.6 Å². The maximum atomic E-state index is 12.7. The molecule has 1 amide bonds. The second-order valence-corrected chi connectivity index (χ2v) is 7.51. The van der Waals surface area contributed by atoms with E-state index in [0.29, 0.717) is 17.9 Å². The molecule has 24 heavy (non-hydrogen) atoms. The second-order valence-electron chi connectivity index (χ2n) is 7.51. The molecule has 0 bridgehead atoms. The highest BCUT2D eigenvalue weighted by Gasteiger charge is 2.24. The van der Waals surface area contributed by atoms with Gasteiger partial charge >= 0.3 is 0 Å². The summed E-state index contributed by atoms with van der Waals surface area (Å²) in [6.07, 6.45) is 6.94. The van der Waals surface area contributed by atoms with Crippen molar-refractivity contribution in [1.29, 1.82) is 0 Å². The second kappa shape index (κ2) is 8.02. The number of aliphatic hydroxyl groups excluding tert-OH is 1. The van der Waals surface area contributed by atoms with Gasteiger partial charge in [-0.05, 0) is 55.7 Å². The lowest BCUT2D eigenvalue weighted by Gasteiger charge is -2.32. The van der Waals surface area contributed by atoms with Crippen LogP contribution in [0.3, 0.4) is 0 Å². The Morgan fingerprint density at radius 2 is 1.96 bits per heavy atom. The fraction of sp³-hybridized carbons (Fsp3) is 0.650. The van der Waals surface area contributed by atoms with Crippen molar-refractivity contribution >= 4 is 11.6 Å². The molecular formula is C20H30N2O2. The standard InChI is InChI=1S/C20H30N2O2/c1-15-5-2-3-8-19(15)21-18-7-4-6-17(13-18)20(24)22-11-9-16(14-23)10-12-22/h4,6-7,13,15-16,19,21,23H,2-3,5,8-12,14H2,1H3. The van der Waals surface area contributed by atoms with Crippen LogP contribution in [0.5, 0.6) is 0 Å². The summed E-state index contributed by atoms with van der Waals surface area (Å²) in [5, 5.41) is 12.9. The first-order valence-corrected chi connectivity index (χ1v) is 9.44. The van der Waals surface area contributed by atoms with E-state index in [9.17, 15) is 9.90 Å². The van der Waals surface area contributed by atoms with Gasteiger partial charge in [0.05, 0.1) is 0 Å². The molecule has 1 aliphatic heterocycles. The minimum Gasteiger partial charge on any atom is -0.396 e. The summed E-state index contributed by atoms with van der Waals surface area (Å²) in [6.45, 7) is 4.06. The first-order valence-electron chi connectivity index (χ1n) is 9.44. The van der Waals surface area contributed by atoms with Crippen LogP contribution in [-0.4, -0.2) is 41.7 Å². The third-order valence-corrected chi connectivity index (χ3v) is 5.73. The van der Waals surface area contributed by atoms with Crippen LogP contribution in [0.2, 0.25) is 0 Å². The van der Waals surface area contributed by atoms with Crippen molar-refractivity contribution in [2.24, 2.45) is 11.8 Å². The van der Waals surface area contributed by atoms with Crippen LogP contribution in [-0.2, 0) is 0 Å². The number of piperidine rings is 1. The van der Waals surface area contributed by atoms with Crippen LogP contribution in [0, 0.1) is 11.8 Å². The van der Waals surface area contributed by atoms with Gasteiger partial charge in [-0.1, -0.05) is 25.8 Å². The Morgan fingerprint density at radius 1 is 1.21 bits per heavy atom. The average Bonchev–Trinajstić information content (AvgIpc) is 2.63. The van der Waals surface area contributed by atoms with E-state index in [1.807, 2.05) is 23.1 Å². The molecule has 132 valence electrons. The molecular weight excluding hydrogens is 300 g/mol. The molecule has 1 aromatic rings. The maximum absolute atomic E-state index is 12.7. The predicted octanol–water partition coefficient (Wildman–Crippen LogP) is 3.52. The Labute approximate surface area is 145 Å². The number of carbonyl (C=O) groups excluding carboxylic acids is 1. The molecule has 2 atom stereocenters. The molecule has 0 radical (unpaired) electrons. The van der Waals surface area contributed by atoms with Gasteiger partial charge in [-0.2, -0.15) is 0 Å². The van der Waals surface area contributed by atoms with Crippen molar-refractivity contribution in [2.75, 3.05) is 25.0 Å². The molecule has 0 aromatic heterocycles. The molecule has 2 N–H and O–H groups in total.